The van der Waals surface area contributed by atoms with Gasteiger partial charge in [-0.3, -0.25) is 10.1 Å². The van der Waals surface area contributed by atoms with Crippen LogP contribution < -0.4 is 5.32 Å². The van der Waals surface area contributed by atoms with Crippen LogP contribution in [0.1, 0.15) is 22.7 Å². The van der Waals surface area contributed by atoms with E-state index in [2.05, 4.69) is 17.0 Å². The SMILES string of the molecule is CCc1ccc(C2CS(=O)(=O)CC(C(=O)OC)N2)s1. The molecule has 2 rings (SSSR count). The molecule has 1 aromatic rings. The third-order valence-corrected chi connectivity index (χ3v) is 6.13. The molecule has 0 saturated carbocycles. The van der Waals surface area contributed by atoms with Crippen molar-refractivity contribution >= 4 is 27.1 Å². The average molecular weight is 303 g/mol. The standard InChI is InChI=1S/C12H17NO4S2/c1-3-8-4-5-11(18-8)9-6-19(15,16)7-10(13-9)12(14)17-2/h4-5,9-10,13H,3,6-7H2,1-2H3. The van der Waals surface area contributed by atoms with Crippen LogP contribution in [0.15, 0.2) is 12.1 Å². The summed E-state index contributed by atoms with van der Waals surface area (Å²) in [4.78, 5) is 13.7. The van der Waals surface area contributed by atoms with Crippen molar-refractivity contribution in [2.75, 3.05) is 18.6 Å². The summed E-state index contributed by atoms with van der Waals surface area (Å²) in [6, 6.07) is 2.82. The summed E-state index contributed by atoms with van der Waals surface area (Å²) in [6.07, 6.45) is 0.921. The first-order chi connectivity index (χ1) is 8.95. The minimum atomic E-state index is -3.24. The van der Waals surface area contributed by atoms with Crippen LogP contribution in [0.2, 0.25) is 0 Å². The average Bonchev–Trinajstić information content (AvgIpc) is 2.84. The molecule has 106 valence electrons. The molecule has 1 aliphatic rings. The normalized spacial score (nSPS) is 26.0. The molecule has 2 unspecified atom stereocenters. The molecule has 2 atom stereocenters. The van der Waals surface area contributed by atoms with Gasteiger partial charge in [-0.25, -0.2) is 8.42 Å². The van der Waals surface area contributed by atoms with Gasteiger partial charge in [0.15, 0.2) is 9.84 Å². The van der Waals surface area contributed by atoms with E-state index in [-0.39, 0.29) is 17.5 Å². The van der Waals surface area contributed by atoms with E-state index in [1.54, 1.807) is 11.3 Å². The summed E-state index contributed by atoms with van der Waals surface area (Å²) < 4.78 is 28.4. The number of aryl methyl sites for hydroxylation is 1. The summed E-state index contributed by atoms with van der Waals surface area (Å²) in [6.45, 7) is 2.05. The first-order valence-electron chi connectivity index (χ1n) is 6.08. The van der Waals surface area contributed by atoms with E-state index in [0.717, 1.165) is 11.3 Å². The third kappa shape index (κ3) is 3.34. The lowest BCUT2D eigenvalue weighted by Gasteiger charge is -2.28. The Labute approximate surface area is 116 Å². The molecule has 1 fully saturated rings. The molecule has 1 saturated heterocycles. The third-order valence-electron chi connectivity index (χ3n) is 3.10. The topological polar surface area (TPSA) is 72.5 Å². The quantitative estimate of drug-likeness (QED) is 0.840. The molecule has 0 bridgehead atoms. The van der Waals surface area contributed by atoms with Gasteiger partial charge < -0.3 is 4.74 Å². The highest BCUT2D eigenvalue weighted by molar-refractivity contribution is 7.91. The number of carbonyl (C=O) groups excluding carboxylic acids is 1. The molecule has 0 aromatic carbocycles. The number of methoxy groups -OCH3 is 1. The van der Waals surface area contributed by atoms with Gasteiger partial charge in [0.05, 0.1) is 24.7 Å². The molecule has 0 radical (unpaired) electrons. The van der Waals surface area contributed by atoms with Crippen molar-refractivity contribution in [3.63, 3.8) is 0 Å². The first kappa shape index (κ1) is 14.5. The molecule has 5 nitrogen and oxygen atoms in total. The molecule has 0 spiro atoms. The number of ether oxygens (including phenoxy) is 1. The van der Waals surface area contributed by atoms with E-state index in [9.17, 15) is 13.2 Å². The van der Waals surface area contributed by atoms with E-state index in [0.29, 0.717) is 0 Å². The number of sulfone groups is 1. The maximum atomic E-state index is 11.9. The van der Waals surface area contributed by atoms with Gasteiger partial charge in [0, 0.05) is 9.75 Å². The van der Waals surface area contributed by atoms with E-state index in [1.807, 2.05) is 12.1 Å². The summed E-state index contributed by atoms with van der Waals surface area (Å²) in [5.41, 5.74) is 0. The Bertz CT molecular complexity index is 564. The van der Waals surface area contributed by atoms with Crippen molar-refractivity contribution in [3.05, 3.63) is 21.9 Å². The van der Waals surface area contributed by atoms with Crippen LogP contribution in [0.4, 0.5) is 0 Å². The van der Waals surface area contributed by atoms with Crippen molar-refractivity contribution < 1.29 is 17.9 Å². The summed E-state index contributed by atoms with van der Waals surface area (Å²) in [5, 5.41) is 3.07. The highest BCUT2D eigenvalue weighted by Crippen LogP contribution is 2.28. The number of esters is 1. The first-order valence-corrected chi connectivity index (χ1v) is 8.72. The Morgan fingerprint density at radius 1 is 1.47 bits per heavy atom. The predicted octanol–water partition coefficient (Wildman–Crippen LogP) is 0.911. The van der Waals surface area contributed by atoms with Crippen LogP contribution in [-0.2, 0) is 25.8 Å². The second kappa shape index (κ2) is 5.60. The number of rotatable bonds is 3. The van der Waals surface area contributed by atoms with Crippen LogP contribution >= 0.6 is 11.3 Å². The van der Waals surface area contributed by atoms with Crippen LogP contribution in [0.25, 0.3) is 0 Å². The second-order valence-corrected chi connectivity index (χ2v) is 7.88. The van der Waals surface area contributed by atoms with Crippen LogP contribution in [0.5, 0.6) is 0 Å². The number of nitrogens with one attached hydrogen (secondary N) is 1. The van der Waals surface area contributed by atoms with Crippen molar-refractivity contribution in [1.29, 1.82) is 0 Å². The number of thiophene rings is 1. The Kier molecular flexibility index (Phi) is 4.27. The lowest BCUT2D eigenvalue weighted by molar-refractivity contribution is -0.142. The molecule has 0 amide bonds. The van der Waals surface area contributed by atoms with Gasteiger partial charge >= 0.3 is 5.97 Å². The Morgan fingerprint density at radius 3 is 2.79 bits per heavy atom. The molecular weight excluding hydrogens is 286 g/mol. The van der Waals surface area contributed by atoms with Gasteiger partial charge in [0.2, 0.25) is 0 Å². The lowest BCUT2D eigenvalue weighted by Crippen LogP contribution is -2.51. The van der Waals surface area contributed by atoms with E-state index < -0.39 is 21.8 Å². The maximum absolute atomic E-state index is 11.9. The fourth-order valence-corrected chi connectivity index (χ4v) is 4.91. The Balaban J connectivity index is 2.23. The number of hydrogen-bond acceptors (Lipinski definition) is 6. The van der Waals surface area contributed by atoms with Crippen molar-refractivity contribution in [2.24, 2.45) is 0 Å². The van der Waals surface area contributed by atoms with E-state index in [4.69, 9.17) is 0 Å². The highest BCUT2D eigenvalue weighted by Gasteiger charge is 2.36. The van der Waals surface area contributed by atoms with Gasteiger partial charge in [0.1, 0.15) is 6.04 Å². The zero-order chi connectivity index (χ0) is 14.0. The minimum Gasteiger partial charge on any atom is -0.468 e. The Morgan fingerprint density at radius 2 is 2.21 bits per heavy atom. The fourth-order valence-electron chi connectivity index (χ4n) is 2.13. The van der Waals surface area contributed by atoms with Gasteiger partial charge in [-0.1, -0.05) is 6.92 Å². The number of hydrogen-bond donors (Lipinski definition) is 1. The fraction of sp³-hybridized carbons (Fsp3) is 0.583. The number of carbonyl (C=O) groups is 1. The summed E-state index contributed by atoms with van der Waals surface area (Å²) in [5.74, 6) is -0.688. The molecule has 1 aliphatic heterocycles. The van der Waals surface area contributed by atoms with Gasteiger partial charge in [-0.2, -0.15) is 0 Å². The molecule has 2 heterocycles. The molecule has 7 heteroatoms. The molecule has 1 aromatic heterocycles. The predicted molar refractivity (Wildman–Crippen MR) is 74.0 cm³/mol. The van der Waals surface area contributed by atoms with E-state index in [1.165, 1.54) is 12.0 Å². The maximum Gasteiger partial charge on any atom is 0.323 e. The monoisotopic (exact) mass is 303 g/mol. The molecule has 1 N–H and O–H groups in total. The highest BCUT2D eigenvalue weighted by atomic mass is 32.2. The van der Waals surface area contributed by atoms with Crippen LogP contribution in [0, 0.1) is 0 Å². The summed E-state index contributed by atoms with van der Waals surface area (Å²) in [7, 11) is -1.97. The zero-order valence-corrected chi connectivity index (χ0v) is 12.5. The molecule has 0 aliphatic carbocycles. The van der Waals surface area contributed by atoms with Crippen molar-refractivity contribution in [2.45, 2.75) is 25.4 Å². The van der Waals surface area contributed by atoms with E-state index >= 15 is 0 Å². The lowest BCUT2D eigenvalue weighted by atomic mass is 10.2. The Hall–Kier alpha value is -0.920. The van der Waals surface area contributed by atoms with Crippen molar-refractivity contribution in [3.8, 4) is 0 Å². The van der Waals surface area contributed by atoms with Crippen LogP contribution in [0.3, 0.4) is 0 Å². The summed E-state index contributed by atoms with van der Waals surface area (Å²) >= 11 is 1.58. The van der Waals surface area contributed by atoms with Crippen LogP contribution in [-0.4, -0.2) is 39.0 Å². The smallest absolute Gasteiger partial charge is 0.323 e. The molecular formula is C12H17NO4S2. The van der Waals surface area contributed by atoms with Gasteiger partial charge in [-0.05, 0) is 18.6 Å². The zero-order valence-electron chi connectivity index (χ0n) is 10.9. The molecule has 19 heavy (non-hydrogen) atoms. The minimum absolute atomic E-state index is 0.0319. The second-order valence-electron chi connectivity index (χ2n) is 4.53. The van der Waals surface area contributed by atoms with Crippen molar-refractivity contribution in [1.82, 2.24) is 5.32 Å². The van der Waals surface area contributed by atoms with Gasteiger partial charge in [0.25, 0.3) is 0 Å². The largest absolute Gasteiger partial charge is 0.468 e. The van der Waals surface area contributed by atoms with Gasteiger partial charge in [-0.15, -0.1) is 11.3 Å².